The highest BCUT2D eigenvalue weighted by atomic mass is 32.2. The summed E-state index contributed by atoms with van der Waals surface area (Å²) in [6.07, 6.45) is 2.57. The summed E-state index contributed by atoms with van der Waals surface area (Å²) in [7, 11) is -4.03. The van der Waals surface area contributed by atoms with Crippen molar-refractivity contribution in [2.24, 2.45) is 0 Å². The van der Waals surface area contributed by atoms with E-state index in [1.54, 1.807) is 30.5 Å². The molecule has 0 amide bonds. The Hall–Kier alpha value is -3.62. The summed E-state index contributed by atoms with van der Waals surface area (Å²) >= 11 is 0. The van der Waals surface area contributed by atoms with Crippen LogP contribution in [0.3, 0.4) is 0 Å². The molecule has 4 aromatic rings. The summed E-state index contributed by atoms with van der Waals surface area (Å²) in [5, 5.41) is 3.18. The normalized spacial score (nSPS) is 14.8. The highest BCUT2D eigenvalue weighted by molar-refractivity contribution is 7.85. The minimum absolute atomic E-state index is 0.119. The number of fused-ring (bicyclic) bond motifs is 3. The van der Waals surface area contributed by atoms with E-state index in [1.807, 2.05) is 42.5 Å². The zero-order valence-corrected chi connectivity index (χ0v) is 19.0. The van der Waals surface area contributed by atoms with Gasteiger partial charge < -0.3 is 5.32 Å². The van der Waals surface area contributed by atoms with Crippen molar-refractivity contribution in [3.8, 4) is 11.3 Å². The van der Waals surface area contributed by atoms with Crippen molar-refractivity contribution in [3.05, 3.63) is 107 Å². The first-order valence-corrected chi connectivity index (χ1v) is 12.5. The van der Waals surface area contributed by atoms with Crippen LogP contribution in [0.15, 0.2) is 79.0 Å². The Morgan fingerprint density at radius 3 is 2.56 bits per heavy atom. The molecular weight excluding hydrogens is 453 g/mol. The van der Waals surface area contributed by atoms with Crippen LogP contribution in [0.1, 0.15) is 28.2 Å². The fourth-order valence-electron chi connectivity index (χ4n) is 4.41. The van der Waals surface area contributed by atoms with Crippen LogP contribution in [-0.4, -0.2) is 28.7 Å². The molecule has 0 unspecified atom stereocenters. The second-order valence-corrected chi connectivity index (χ2v) is 9.87. The summed E-state index contributed by atoms with van der Waals surface area (Å²) in [4.78, 5) is 9.24. The Balaban J connectivity index is 1.45. The SMILES string of the molecule is O=S(=O)(O)CCc1cccc(Nc2ncc3c(n2)-c2ccccc2[C@H](c2ccccc2F)C3)c1. The van der Waals surface area contributed by atoms with Crippen LogP contribution in [0.25, 0.3) is 11.3 Å². The Kier molecular flexibility index (Phi) is 5.85. The molecule has 1 aromatic heterocycles. The smallest absolute Gasteiger partial charge is 0.265 e. The largest absolute Gasteiger partial charge is 0.324 e. The lowest BCUT2D eigenvalue weighted by molar-refractivity contribution is 0.482. The van der Waals surface area contributed by atoms with Gasteiger partial charge in [-0.1, -0.05) is 54.6 Å². The molecule has 0 saturated heterocycles. The summed E-state index contributed by atoms with van der Waals surface area (Å²) in [6.45, 7) is 0. The lowest BCUT2D eigenvalue weighted by Gasteiger charge is -2.27. The monoisotopic (exact) mass is 475 g/mol. The Morgan fingerprint density at radius 1 is 1.00 bits per heavy atom. The van der Waals surface area contributed by atoms with Gasteiger partial charge in [-0.3, -0.25) is 4.55 Å². The molecule has 8 heteroatoms. The Bertz CT molecular complexity index is 1470. The lowest BCUT2D eigenvalue weighted by Crippen LogP contribution is -2.16. The number of halogens is 1. The van der Waals surface area contributed by atoms with Gasteiger partial charge in [0.1, 0.15) is 5.82 Å². The maximum atomic E-state index is 14.6. The van der Waals surface area contributed by atoms with Gasteiger partial charge in [-0.2, -0.15) is 8.42 Å². The second kappa shape index (κ2) is 8.96. The molecule has 3 aromatic carbocycles. The highest BCUT2D eigenvalue weighted by Crippen LogP contribution is 2.42. The number of aryl methyl sites for hydroxylation is 1. The van der Waals surface area contributed by atoms with Crippen molar-refractivity contribution in [2.75, 3.05) is 11.1 Å². The zero-order valence-electron chi connectivity index (χ0n) is 18.1. The van der Waals surface area contributed by atoms with Gasteiger partial charge in [0.15, 0.2) is 0 Å². The molecule has 1 aliphatic carbocycles. The standard InChI is InChI=1S/C26H22FN3O3S/c27-24-11-4-3-9-21(24)23-15-18-16-28-26(30-25(18)22-10-2-1-8-20(22)23)29-19-7-5-6-17(14-19)12-13-34(31,32)33/h1-11,14,16,23H,12-13,15H2,(H,28,29,30)(H,31,32,33)/t23-/m1/s1. The van der Waals surface area contributed by atoms with Gasteiger partial charge in [-0.25, -0.2) is 14.4 Å². The van der Waals surface area contributed by atoms with Crippen LogP contribution in [-0.2, 0) is 23.0 Å². The van der Waals surface area contributed by atoms with E-state index in [9.17, 15) is 12.8 Å². The molecule has 2 N–H and O–H groups in total. The van der Waals surface area contributed by atoms with Gasteiger partial charge in [0.05, 0.1) is 11.4 Å². The average Bonchev–Trinajstić information content (AvgIpc) is 2.83. The molecule has 1 aliphatic rings. The van der Waals surface area contributed by atoms with Crippen molar-refractivity contribution in [2.45, 2.75) is 18.8 Å². The van der Waals surface area contributed by atoms with Crippen LogP contribution >= 0.6 is 0 Å². The molecule has 6 nitrogen and oxygen atoms in total. The van der Waals surface area contributed by atoms with Crippen molar-refractivity contribution in [3.63, 3.8) is 0 Å². The molecular formula is C26H22FN3O3S. The molecule has 0 spiro atoms. The van der Waals surface area contributed by atoms with Crippen LogP contribution in [0.2, 0.25) is 0 Å². The fraction of sp³-hybridized carbons (Fsp3) is 0.154. The van der Waals surface area contributed by atoms with E-state index < -0.39 is 10.1 Å². The number of hydrogen-bond donors (Lipinski definition) is 2. The van der Waals surface area contributed by atoms with Gasteiger partial charge in [0.2, 0.25) is 5.95 Å². The first-order valence-electron chi connectivity index (χ1n) is 10.9. The summed E-state index contributed by atoms with van der Waals surface area (Å²) in [5.41, 5.74) is 5.85. The maximum absolute atomic E-state index is 14.6. The van der Waals surface area contributed by atoms with Crippen molar-refractivity contribution in [1.29, 1.82) is 0 Å². The van der Waals surface area contributed by atoms with Crippen molar-refractivity contribution >= 4 is 21.8 Å². The summed E-state index contributed by atoms with van der Waals surface area (Å²) in [6, 6.07) is 22.0. The van der Waals surface area contributed by atoms with Crippen LogP contribution in [0.5, 0.6) is 0 Å². The third-order valence-electron chi connectivity index (χ3n) is 5.99. The van der Waals surface area contributed by atoms with Crippen molar-refractivity contribution < 1.29 is 17.4 Å². The zero-order chi connectivity index (χ0) is 23.7. The molecule has 0 radical (unpaired) electrons. The first kappa shape index (κ1) is 22.2. The number of aromatic nitrogens is 2. The van der Waals surface area contributed by atoms with Gasteiger partial charge in [0, 0.05) is 23.4 Å². The number of benzene rings is 3. The minimum Gasteiger partial charge on any atom is -0.324 e. The molecule has 1 atom stereocenters. The first-order chi connectivity index (χ1) is 16.4. The highest BCUT2D eigenvalue weighted by Gasteiger charge is 2.28. The number of nitrogens with zero attached hydrogens (tertiary/aromatic N) is 2. The molecule has 5 rings (SSSR count). The van der Waals surface area contributed by atoms with E-state index in [1.165, 1.54) is 6.07 Å². The third-order valence-corrected chi connectivity index (χ3v) is 6.71. The van der Waals surface area contributed by atoms with E-state index in [2.05, 4.69) is 10.3 Å². The fourth-order valence-corrected chi connectivity index (χ4v) is 4.91. The molecule has 0 bridgehead atoms. The maximum Gasteiger partial charge on any atom is 0.265 e. The molecule has 1 heterocycles. The second-order valence-electron chi connectivity index (χ2n) is 8.29. The van der Waals surface area contributed by atoms with Crippen LogP contribution in [0.4, 0.5) is 16.0 Å². The van der Waals surface area contributed by atoms with Gasteiger partial charge >= 0.3 is 0 Å². The van der Waals surface area contributed by atoms with Crippen LogP contribution < -0.4 is 5.32 Å². The Morgan fingerprint density at radius 2 is 1.76 bits per heavy atom. The third kappa shape index (κ3) is 4.69. The quantitative estimate of drug-likeness (QED) is 0.375. The summed E-state index contributed by atoms with van der Waals surface area (Å²) in [5.74, 6) is -0.276. The van der Waals surface area contributed by atoms with E-state index in [4.69, 9.17) is 9.54 Å². The van der Waals surface area contributed by atoms with Crippen molar-refractivity contribution in [1.82, 2.24) is 9.97 Å². The van der Waals surface area contributed by atoms with E-state index in [-0.39, 0.29) is 23.9 Å². The predicted molar refractivity (Wildman–Crippen MR) is 129 cm³/mol. The van der Waals surface area contributed by atoms with E-state index >= 15 is 0 Å². The lowest BCUT2D eigenvalue weighted by atomic mass is 9.78. The Labute approximate surface area is 197 Å². The molecule has 0 saturated carbocycles. The van der Waals surface area contributed by atoms with E-state index in [0.29, 0.717) is 23.6 Å². The molecule has 0 aliphatic heterocycles. The number of hydrogen-bond acceptors (Lipinski definition) is 5. The van der Waals surface area contributed by atoms with E-state index in [0.717, 1.165) is 27.9 Å². The number of nitrogens with one attached hydrogen (secondary N) is 1. The van der Waals surface area contributed by atoms with Gasteiger partial charge in [-0.15, -0.1) is 0 Å². The number of rotatable bonds is 6. The van der Waals surface area contributed by atoms with Crippen LogP contribution in [0, 0.1) is 5.82 Å². The predicted octanol–water partition coefficient (Wildman–Crippen LogP) is 5.14. The minimum atomic E-state index is -4.03. The molecule has 0 fully saturated rings. The number of anilines is 2. The average molecular weight is 476 g/mol. The van der Waals surface area contributed by atoms with Gasteiger partial charge in [-0.05, 0) is 53.3 Å². The molecule has 172 valence electrons. The summed E-state index contributed by atoms with van der Waals surface area (Å²) < 4.78 is 45.7. The topological polar surface area (TPSA) is 92.2 Å². The molecule has 34 heavy (non-hydrogen) atoms. The van der Waals surface area contributed by atoms with Gasteiger partial charge in [0.25, 0.3) is 10.1 Å².